The summed E-state index contributed by atoms with van der Waals surface area (Å²) in [5, 5.41) is 0. The van der Waals surface area contributed by atoms with E-state index in [9.17, 15) is 4.79 Å². The second kappa shape index (κ2) is 5.03. The molecule has 1 aromatic carbocycles. The van der Waals surface area contributed by atoms with E-state index in [4.69, 9.17) is 18.0 Å². The minimum atomic E-state index is 0.103. The Balaban J connectivity index is 2.74. The summed E-state index contributed by atoms with van der Waals surface area (Å²) in [6.45, 7) is 4.03. The van der Waals surface area contributed by atoms with Crippen LogP contribution in [0.4, 0.5) is 0 Å². The van der Waals surface area contributed by atoms with Crippen LogP contribution >= 0.6 is 12.2 Å². The lowest BCUT2D eigenvalue weighted by Gasteiger charge is -2.04. The Bertz CT molecular complexity index is 399. The Morgan fingerprint density at radius 2 is 1.93 bits per heavy atom. The quantitative estimate of drug-likeness (QED) is 0.627. The van der Waals surface area contributed by atoms with E-state index in [0.717, 1.165) is 11.1 Å². The summed E-state index contributed by atoms with van der Waals surface area (Å²) in [5.74, 6) is 0.103. The van der Waals surface area contributed by atoms with Crippen molar-refractivity contribution in [3.8, 4) is 0 Å². The maximum atomic E-state index is 11.7. The molecule has 0 radical (unpaired) electrons. The molecule has 0 aliphatic rings. The Hall–Kier alpha value is -1.22. The van der Waals surface area contributed by atoms with Crippen molar-refractivity contribution < 1.29 is 4.79 Å². The first-order chi connectivity index (χ1) is 7.00. The average Bonchev–Trinajstić information content (AvgIpc) is 2.18. The number of nitrogens with two attached hydrogens (primary N) is 1. The zero-order valence-corrected chi connectivity index (χ0v) is 9.86. The van der Waals surface area contributed by atoms with Crippen LogP contribution in [0, 0.1) is 13.8 Å². The molecule has 0 saturated heterocycles. The molecule has 0 unspecified atom stereocenters. The standard InChI is InChI=1S/C12H15NOS/c1-8-3-4-10(7-9(8)2)11(14)5-6-12(13)15/h3-4,7H,5-6H2,1-2H3,(H2,13,15). The number of hydrogen-bond donors (Lipinski definition) is 1. The second-order valence-electron chi connectivity index (χ2n) is 3.69. The van der Waals surface area contributed by atoms with Gasteiger partial charge in [0.1, 0.15) is 0 Å². The van der Waals surface area contributed by atoms with Gasteiger partial charge < -0.3 is 5.73 Å². The van der Waals surface area contributed by atoms with Crippen LogP contribution in [0.2, 0.25) is 0 Å². The molecule has 0 heterocycles. The summed E-state index contributed by atoms with van der Waals surface area (Å²) in [6, 6.07) is 5.73. The molecule has 0 aliphatic carbocycles. The summed E-state index contributed by atoms with van der Waals surface area (Å²) < 4.78 is 0. The topological polar surface area (TPSA) is 43.1 Å². The molecule has 0 spiro atoms. The van der Waals surface area contributed by atoms with Crippen LogP contribution in [0.1, 0.15) is 34.3 Å². The molecule has 3 heteroatoms. The first-order valence-electron chi connectivity index (χ1n) is 4.89. The summed E-state index contributed by atoms with van der Waals surface area (Å²) >= 11 is 4.74. The molecule has 0 bridgehead atoms. The molecule has 0 atom stereocenters. The van der Waals surface area contributed by atoms with Gasteiger partial charge in [-0.05, 0) is 31.0 Å². The van der Waals surface area contributed by atoms with E-state index < -0.39 is 0 Å². The van der Waals surface area contributed by atoms with Crippen molar-refractivity contribution >= 4 is 23.0 Å². The SMILES string of the molecule is Cc1ccc(C(=O)CCC(N)=S)cc1C. The Morgan fingerprint density at radius 3 is 2.47 bits per heavy atom. The molecule has 1 rings (SSSR count). The van der Waals surface area contributed by atoms with E-state index in [1.54, 1.807) is 0 Å². The number of Topliss-reactive ketones (excluding diaryl/α,β-unsaturated/α-hetero) is 1. The number of carbonyl (C=O) groups excluding carboxylic acids is 1. The highest BCUT2D eigenvalue weighted by atomic mass is 32.1. The van der Waals surface area contributed by atoms with Crippen molar-refractivity contribution in [2.75, 3.05) is 0 Å². The van der Waals surface area contributed by atoms with Crippen LogP contribution < -0.4 is 5.73 Å². The van der Waals surface area contributed by atoms with Gasteiger partial charge in [-0.2, -0.15) is 0 Å². The summed E-state index contributed by atoms with van der Waals surface area (Å²) in [4.78, 5) is 12.1. The first kappa shape index (κ1) is 11.9. The molecule has 80 valence electrons. The van der Waals surface area contributed by atoms with Crippen molar-refractivity contribution in [2.45, 2.75) is 26.7 Å². The van der Waals surface area contributed by atoms with E-state index in [1.807, 2.05) is 32.0 Å². The fraction of sp³-hybridized carbons (Fsp3) is 0.333. The summed E-state index contributed by atoms with van der Waals surface area (Å²) in [5.41, 5.74) is 8.43. The lowest BCUT2D eigenvalue weighted by molar-refractivity contribution is 0.0985. The summed E-state index contributed by atoms with van der Waals surface area (Å²) in [6.07, 6.45) is 0.888. The first-order valence-corrected chi connectivity index (χ1v) is 5.30. The van der Waals surface area contributed by atoms with Crippen molar-refractivity contribution in [3.05, 3.63) is 34.9 Å². The number of benzene rings is 1. The highest BCUT2D eigenvalue weighted by molar-refractivity contribution is 7.80. The molecule has 0 fully saturated rings. The lowest BCUT2D eigenvalue weighted by atomic mass is 10.0. The molecule has 0 amide bonds. The van der Waals surface area contributed by atoms with Gasteiger partial charge in [0.05, 0.1) is 4.99 Å². The zero-order valence-electron chi connectivity index (χ0n) is 9.04. The molecule has 0 saturated carbocycles. The fourth-order valence-electron chi connectivity index (χ4n) is 1.30. The predicted molar refractivity (Wildman–Crippen MR) is 66.3 cm³/mol. The monoisotopic (exact) mass is 221 g/mol. The third kappa shape index (κ3) is 3.44. The van der Waals surface area contributed by atoms with Gasteiger partial charge in [0.25, 0.3) is 0 Å². The number of thiocarbonyl (C=S) groups is 1. The average molecular weight is 221 g/mol. The van der Waals surface area contributed by atoms with Gasteiger partial charge in [-0.3, -0.25) is 4.79 Å². The summed E-state index contributed by atoms with van der Waals surface area (Å²) in [7, 11) is 0. The van der Waals surface area contributed by atoms with E-state index in [1.165, 1.54) is 5.56 Å². The minimum Gasteiger partial charge on any atom is -0.393 e. The van der Waals surface area contributed by atoms with Crippen molar-refractivity contribution in [2.24, 2.45) is 5.73 Å². The largest absolute Gasteiger partial charge is 0.393 e. The van der Waals surface area contributed by atoms with Crippen molar-refractivity contribution in [3.63, 3.8) is 0 Å². The number of aryl methyl sites for hydroxylation is 2. The maximum absolute atomic E-state index is 11.7. The van der Waals surface area contributed by atoms with Gasteiger partial charge in [-0.15, -0.1) is 0 Å². The predicted octanol–water partition coefficient (Wildman–Crippen LogP) is 2.55. The molecular weight excluding hydrogens is 206 g/mol. The molecule has 0 aliphatic heterocycles. The van der Waals surface area contributed by atoms with E-state index in [-0.39, 0.29) is 5.78 Å². The van der Waals surface area contributed by atoms with Gasteiger partial charge >= 0.3 is 0 Å². The Morgan fingerprint density at radius 1 is 1.27 bits per heavy atom. The van der Waals surface area contributed by atoms with Crippen LogP contribution in [-0.4, -0.2) is 10.8 Å². The Kier molecular flexibility index (Phi) is 3.97. The lowest BCUT2D eigenvalue weighted by Crippen LogP contribution is -2.10. The third-order valence-electron chi connectivity index (χ3n) is 2.43. The van der Waals surface area contributed by atoms with Crippen LogP contribution in [0.3, 0.4) is 0 Å². The van der Waals surface area contributed by atoms with Crippen molar-refractivity contribution in [1.82, 2.24) is 0 Å². The number of hydrogen-bond acceptors (Lipinski definition) is 2. The number of rotatable bonds is 4. The number of carbonyl (C=O) groups is 1. The number of ketones is 1. The van der Waals surface area contributed by atoms with Gasteiger partial charge in [0.15, 0.2) is 5.78 Å². The van der Waals surface area contributed by atoms with Gasteiger partial charge in [0, 0.05) is 18.4 Å². The van der Waals surface area contributed by atoms with Crippen LogP contribution in [0.25, 0.3) is 0 Å². The zero-order chi connectivity index (χ0) is 11.4. The van der Waals surface area contributed by atoms with E-state index in [2.05, 4.69) is 0 Å². The van der Waals surface area contributed by atoms with Gasteiger partial charge in [-0.25, -0.2) is 0 Å². The smallest absolute Gasteiger partial charge is 0.163 e. The van der Waals surface area contributed by atoms with Crippen LogP contribution in [-0.2, 0) is 0 Å². The second-order valence-corrected chi connectivity index (χ2v) is 4.21. The van der Waals surface area contributed by atoms with Gasteiger partial charge in [-0.1, -0.05) is 24.4 Å². The highest BCUT2D eigenvalue weighted by Gasteiger charge is 2.06. The molecule has 1 aromatic rings. The van der Waals surface area contributed by atoms with Crippen LogP contribution in [0.15, 0.2) is 18.2 Å². The fourth-order valence-corrected chi connectivity index (χ4v) is 1.40. The van der Waals surface area contributed by atoms with Gasteiger partial charge in [0.2, 0.25) is 0 Å². The minimum absolute atomic E-state index is 0.103. The Labute approximate surface area is 95.5 Å². The molecule has 15 heavy (non-hydrogen) atoms. The molecule has 2 nitrogen and oxygen atoms in total. The van der Waals surface area contributed by atoms with Crippen molar-refractivity contribution in [1.29, 1.82) is 0 Å². The normalized spacial score (nSPS) is 10.0. The van der Waals surface area contributed by atoms with E-state index in [0.29, 0.717) is 17.8 Å². The van der Waals surface area contributed by atoms with Crippen LogP contribution in [0.5, 0.6) is 0 Å². The third-order valence-corrected chi connectivity index (χ3v) is 2.63. The molecule has 2 N–H and O–H groups in total. The maximum Gasteiger partial charge on any atom is 0.163 e. The highest BCUT2D eigenvalue weighted by Crippen LogP contribution is 2.12. The molecular formula is C12H15NOS. The molecule has 0 aromatic heterocycles. The van der Waals surface area contributed by atoms with E-state index >= 15 is 0 Å².